The van der Waals surface area contributed by atoms with E-state index in [2.05, 4.69) is 17.4 Å². The number of carbonyl (C=O) groups is 1. The van der Waals surface area contributed by atoms with Crippen LogP contribution in [0.25, 0.3) is 0 Å². The number of nitrogens with one attached hydrogen (secondary N) is 1. The van der Waals surface area contributed by atoms with Crippen LogP contribution in [-0.2, 0) is 11.2 Å². The van der Waals surface area contributed by atoms with E-state index in [0.717, 1.165) is 25.3 Å². The summed E-state index contributed by atoms with van der Waals surface area (Å²) in [6.45, 7) is 0.780. The van der Waals surface area contributed by atoms with E-state index in [1.807, 2.05) is 18.2 Å². The fourth-order valence-corrected chi connectivity index (χ4v) is 2.41. The summed E-state index contributed by atoms with van der Waals surface area (Å²) < 4.78 is 0. The van der Waals surface area contributed by atoms with E-state index < -0.39 is 0 Å². The Morgan fingerprint density at radius 2 is 2.05 bits per heavy atom. The molecule has 0 aromatic heterocycles. The standard InChI is InChI=1S/C16H24N2O/c17-15(10-9-13-5-2-1-3-6-13)16(19)18-12-11-14-7-4-8-14/h1-3,5-6,14-15H,4,7-12,17H2,(H,18,19). The van der Waals surface area contributed by atoms with Crippen molar-refractivity contribution in [1.82, 2.24) is 5.32 Å². The average molecular weight is 260 g/mol. The maximum Gasteiger partial charge on any atom is 0.236 e. The number of hydrogen-bond donors (Lipinski definition) is 2. The highest BCUT2D eigenvalue weighted by molar-refractivity contribution is 5.81. The minimum Gasteiger partial charge on any atom is -0.355 e. The van der Waals surface area contributed by atoms with Gasteiger partial charge >= 0.3 is 0 Å². The van der Waals surface area contributed by atoms with E-state index in [-0.39, 0.29) is 11.9 Å². The molecular formula is C16H24N2O. The number of carbonyl (C=O) groups excluding carboxylic acids is 1. The molecule has 3 heteroatoms. The fourth-order valence-electron chi connectivity index (χ4n) is 2.41. The minimum atomic E-state index is -0.387. The summed E-state index contributed by atoms with van der Waals surface area (Å²) in [6.07, 6.45) is 6.69. The molecule has 3 nitrogen and oxygen atoms in total. The first-order chi connectivity index (χ1) is 9.25. The second-order valence-electron chi connectivity index (χ2n) is 5.51. The van der Waals surface area contributed by atoms with Gasteiger partial charge in [-0.05, 0) is 30.7 Å². The molecule has 0 radical (unpaired) electrons. The van der Waals surface area contributed by atoms with Crippen molar-refractivity contribution in [1.29, 1.82) is 0 Å². The lowest BCUT2D eigenvalue weighted by Gasteiger charge is -2.25. The van der Waals surface area contributed by atoms with Crippen LogP contribution in [0, 0.1) is 5.92 Å². The Morgan fingerprint density at radius 3 is 2.68 bits per heavy atom. The summed E-state index contributed by atoms with van der Waals surface area (Å²) in [7, 11) is 0. The van der Waals surface area contributed by atoms with Crippen molar-refractivity contribution in [3.63, 3.8) is 0 Å². The molecule has 0 saturated heterocycles. The van der Waals surface area contributed by atoms with Gasteiger partial charge in [-0.25, -0.2) is 0 Å². The third-order valence-corrected chi connectivity index (χ3v) is 4.00. The highest BCUT2D eigenvalue weighted by Crippen LogP contribution is 2.28. The van der Waals surface area contributed by atoms with Crippen LogP contribution in [0.3, 0.4) is 0 Å². The van der Waals surface area contributed by atoms with Gasteiger partial charge in [0.05, 0.1) is 6.04 Å². The van der Waals surface area contributed by atoms with E-state index in [9.17, 15) is 4.79 Å². The predicted octanol–water partition coefficient (Wildman–Crippen LogP) is 2.25. The van der Waals surface area contributed by atoms with Crippen LogP contribution >= 0.6 is 0 Å². The van der Waals surface area contributed by atoms with E-state index in [1.54, 1.807) is 0 Å². The highest BCUT2D eigenvalue weighted by Gasteiger charge is 2.18. The maximum absolute atomic E-state index is 11.8. The Morgan fingerprint density at radius 1 is 1.32 bits per heavy atom. The first kappa shape index (κ1) is 14.1. The van der Waals surface area contributed by atoms with E-state index in [4.69, 9.17) is 5.73 Å². The van der Waals surface area contributed by atoms with Gasteiger partial charge in [0.15, 0.2) is 0 Å². The summed E-state index contributed by atoms with van der Waals surface area (Å²) in [5, 5.41) is 2.95. The summed E-state index contributed by atoms with van der Waals surface area (Å²) in [4.78, 5) is 11.8. The normalized spacial score (nSPS) is 16.7. The van der Waals surface area contributed by atoms with E-state index >= 15 is 0 Å². The summed E-state index contributed by atoms with van der Waals surface area (Å²) in [5.74, 6) is 0.830. The van der Waals surface area contributed by atoms with Crippen LogP contribution < -0.4 is 11.1 Å². The lowest BCUT2D eigenvalue weighted by molar-refractivity contribution is -0.122. The molecule has 1 aliphatic carbocycles. The summed E-state index contributed by atoms with van der Waals surface area (Å²) >= 11 is 0. The number of benzene rings is 1. The van der Waals surface area contributed by atoms with Crippen molar-refractivity contribution in [2.75, 3.05) is 6.54 Å². The number of rotatable bonds is 7. The summed E-state index contributed by atoms with van der Waals surface area (Å²) in [6, 6.07) is 9.78. The molecule has 0 bridgehead atoms. The molecule has 1 saturated carbocycles. The van der Waals surface area contributed by atoms with E-state index in [1.165, 1.54) is 24.8 Å². The molecule has 1 unspecified atom stereocenters. The molecule has 1 amide bonds. The molecular weight excluding hydrogens is 236 g/mol. The third-order valence-electron chi connectivity index (χ3n) is 4.00. The summed E-state index contributed by atoms with van der Waals surface area (Å²) in [5.41, 5.74) is 7.15. The topological polar surface area (TPSA) is 55.1 Å². The Balaban J connectivity index is 1.61. The Hall–Kier alpha value is -1.35. The SMILES string of the molecule is NC(CCc1ccccc1)C(=O)NCCC1CCC1. The van der Waals surface area contributed by atoms with Crippen molar-refractivity contribution in [3.8, 4) is 0 Å². The van der Waals surface area contributed by atoms with Gasteiger partial charge in [0, 0.05) is 6.54 Å². The van der Waals surface area contributed by atoms with Gasteiger partial charge in [-0.1, -0.05) is 49.6 Å². The second-order valence-corrected chi connectivity index (χ2v) is 5.51. The number of nitrogens with two attached hydrogens (primary N) is 1. The molecule has 1 atom stereocenters. The molecule has 0 spiro atoms. The molecule has 1 fully saturated rings. The van der Waals surface area contributed by atoms with Gasteiger partial charge in [0.2, 0.25) is 5.91 Å². The molecule has 1 aliphatic rings. The molecule has 104 valence electrons. The largest absolute Gasteiger partial charge is 0.355 e. The van der Waals surface area contributed by atoms with Gasteiger partial charge in [-0.15, -0.1) is 0 Å². The zero-order valence-corrected chi connectivity index (χ0v) is 11.5. The predicted molar refractivity (Wildman–Crippen MR) is 77.7 cm³/mol. The zero-order valence-electron chi connectivity index (χ0n) is 11.5. The van der Waals surface area contributed by atoms with Gasteiger partial charge in [-0.2, -0.15) is 0 Å². The fraction of sp³-hybridized carbons (Fsp3) is 0.562. The van der Waals surface area contributed by atoms with Crippen molar-refractivity contribution in [3.05, 3.63) is 35.9 Å². The Labute approximate surface area is 115 Å². The quantitative estimate of drug-likeness (QED) is 0.790. The smallest absolute Gasteiger partial charge is 0.236 e. The number of aryl methyl sites for hydroxylation is 1. The number of amides is 1. The molecule has 0 aliphatic heterocycles. The van der Waals surface area contributed by atoms with Gasteiger partial charge in [-0.3, -0.25) is 4.79 Å². The molecule has 3 N–H and O–H groups in total. The first-order valence-corrected chi connectivity index (χ1v) is 7.33. The van der Waals surface area contributed by atoms with Crippen LogP contribution in [0.4, 0.5) is 0 Å². The van der Waals surface area contributed by atoms with Crippen molar-refractivity contribution < 1.29 is 4.79 Å². The van der Waals surface area contributed by atoms with Crippen LogP contribution in [0.5, 0.6) is 0 Å². The van der Waals surface area contributed by atoms with E-state index in [0.29, 0.717) is 6.42 Å². The molecule has 1 aromatic rings. The molecule has 2 rings (SSSR count). The lowest BCUT2D eigenvalue weighted by Crippen LogP contribution is -2.41. The van der Waals surface area contributed by atoms with Crippen LogP contribution in [0.2, 0.25) is 0 Å². The second kappa shape index (κ2) is 7.29. The molecule has 19 heavy (non-hydrogen) atoms. The third kappa shape index (κ3) is 4.67. The molecule has 0 heterocycles. The number of hydrogen-bond acceptors (Lipinski definition) is 2. The monoisotopic (exact) mass is 260 g/mol. The van der Waals surface area contributed by atoms with Crippen molar-refractivity contribution >= 4 is 5.91 Å². The van der Waals surface area contributed by atoms with Gasteiger partial charge in [0.1, 0.15) is 0 Å². The first-order valence-electron chi connectivity index (χ1n) is 7.33. The minimum absolute atomic E-state index is 0.00439. The van der Waals surface area contributed by atoms with Crippen molar-refractivity contribution in [2.24, 2.45) is 11.7 Å². The zero-order chi connectivity index (χ0) is 13.5. The van der Waals surface area contributed by atoms with Crippen LogP contribution in [0.1, 0.15) is 37.7 Å². The average Bonchev–Trinajstić information content (AvgIpc) is 2.39. The Bertz CT molecular complexity index is 387. The lowest BCUT2D eigenvalue weighted by atomic mass is 9.83. The van der Waals surface area contributed by atoms with Gasteiger partial charge in [0.25, 0.3) is 0 Å². The maximum atomic E-state index is 11.8. The highest BCUT2D eigenvalue weighted by atomic mass is 16.2. The van der Waals surface area contributed by atoms with Crippen LogP contribution in [0.15, 0.2) is 30.3 Å². The molecule has 1 aromatic carbocycles. The van der Waals surface area contributed by atoms with Crippen molar-refractivity contribution in [2.45, 2.75) is 44.6 Å². The Kier molecular flexibility index (Phi) is 5.40. The van der Waals surface area contributed by atoms with Gasteiger partial charge < -0.3 is 11.1 Å². The van der Waals surface area contributed by atoms with Crippen LogP contribution in [-0.4, -0.2) is 18.5 Å².